The van der Waals surface area contributed by atoms with Crippen LogP contribution in [0.15, 0.2) is 83.5 Å². The van der Waals surface area contributed by atoms with Gasteiger partial charge in [-0.1, -0.05) is 11.6 Å². The maximum atomic E-state index is 13.2. The molecule has 10 heteroatoms. The fraction of sp³-hybridized carbons (Fsp3) is 0.111. The summed E-state index contributed by atoms with van der Waals surface area (Å²) in [6.45, 7) is 3.51. The molecule has 1 heterocycles. The lowest BCUT2D eigenvalue weighted by atomic mass is 10.1. The molecule has 0 unspecified atom stereocenters. The molecular weight excluding hydrogens is 501 g/mol. The van der Waals surface area contributed by atoms with E-state index >= 15 is 0 Å². The van der Waals surface area contributed by atoms with E-state index in [1.54, 1.807) is 50.2 Å². The fourth-order valence-electron chi connectivity index (χ4n) is 3.46. The van der Waals surface area contributed by atoms with Crippen molar-refractivity contribution in [2.45, 2.75) is 20.0 Å². The zero-order valence-electron chi connectivity index (χ0n) is 19.7. The van der Waals surface area contributed by atoms with E-state index < -0.39 is 29.5 Å². The third-order valence-corrected chi connectivity index (χ3v) is 5.60. The second-order valence-electron chi connectivity index (χ2n) is 8.30. The normalized spacial score (nSPS) is 13.3. The molecule has 0 atom stereocenters. The molecule has 3 aromatic rings. The smallest absolute Gasteiger partial charge is 0.338 e. The number of hydrogen-bond acceptors (Lipinski definition) is 6. The van der Waals surface area contributed by atoms with Gasteiger partial charge in [0.1, 0.15) is 16.5 Å². The number of ether oxygens (including phenoxy) is 1. The standard InChI is InChI=1S/C27H21ClFN3O5/c1-15(2)37-27(36)17-5-11-20(12-6-17)31-24(33)16-3-9-19(10-4-16)30-23-22(28)25(34)32(26(23)35)21-13-7-18(29)8-14-21/h3-15,30H,1-2H3,(H,31,33). The van der Waals surface area contributed by atoms with Gasteiger partial charge in [-0.25, -0.2) is 14.1 Å². The van der Waals surface area contributed by atoms with Gasteiger partial charge >= 0.3 is 5.97 Å². The van der Waals surface area contributed by atoms with Gasteiger partial charge in [0.15, 0.2) is 0 Å². The van der Waals surface area contributed by atoms with E-state index in [9.17, 15) is 23.6 Å². The van der Waals surface area contributed by atoms with Crippen molar-refractivity contribution in [2.24, 2.45) is 0 Å². The molecule has 1 aliphatic rings. The average molecular weight is 522 g/mol. The van der Waals surface area contributed by atoms with Crippen molar-refractivity contribution < 1.29 is 28.3 Å². The first kappa shape index (κ1) is 25.6. The van der Waals surface area contributed by atoms with Crippen LogP contribution in [-0.4, -0.2) is 29.8 Å². The minimum Gasteiger partial charge on any atom is -0.459 e. The number of carbonyl (C=O) groups excluding carboxylic acids is 4. The predicted octanol–water partition coefficient (Wildman–Crippen LogP) is 5.08. The van der Waals surface area contributed by atoms with Crippen LogP contribution in [0.3, 0.4) is 0 Å². The van der Waals surface area contributed by atoms with Crippen LogP contribution in [0.4, 0.5) is 21.5 Å². The van der Waals surface area contributed by atoms with Crippen LogP contribution in [-0.2, 0) is 14.3 Å². The number of anilines is 3. The van der Waals surface area contributed by atoms with E-state index in [2.05, 4.69) is 10.6 Å². The summed E-state index contributed by atoms with van der Waals surface area (Å²) in [5, 5.41) is 5.24. The highest BCUT2D eigenvalue weighted by molar-refractivity contribution is 6.53. The number of amides is 3. The van der Waals surface area contributed by atoms with Crippen LogP contribution in [0.1, 0.15) is 34.6 Å². The van der Waals surface area contributed by atoms with Crippen molar-refractivity contribution in [2.75, 3.05) is 15.5 Å². The molecular formula is C27H21ClFN3O5. The Morgan fingerprint density at radius 1 is 0.838 bits per heavy atom. The molecule has 2 N–H and O–H groups in total. The number of imide groups is 1. The molecule has 3 aromatic carbocycles. The summed E-state index contributed by atoms with van der Waals surface area (Å²) < 4.78 is 18.4. The maximum Gasteiger partial charge on any atom is 0.338 e. The van der Waals surface area contributed by atoms with Crippen LogP contribution in [0.5, 0.6) is 0 Å². The van der Waals surface area contributed by atoms with Crippen LogP contribution >= 0.6 is 11.6 Å². The molecule has 0 aliphatic carbocycles. The maximum absolute atomic E-state index is 13.2. The van der Waals surface area contributed by atoms with Crippen LogP contribution in [0.2, 0.25) is 0 Å². The molecule has 0 saturated heterocycles. The molecule has 1 aliphatic heterocycles. The lowest BCUT2D eigenvalue weighted by Gasteiger charge is -2.15. The number of hydrogen-bond donors (Lipinski definition) is 2. The fourth-order valence-corrected chi connectivity index (χ4v) is 3.67. The van der Waals surface area contributed by atoms with Gasteiger partial charge in [0.2, 0.25) is 0 Å². The summed E-state index contributed by atoms with van der Waals surface area (Å²) >= 11 is 6.11. The van der Waals surface area contributed by atoms with E-state index in [0.717, 1.165) is 17.0 Å². The largest absolute Gasteiger partial charge is 0.459 e. The highest BCUT2D eigenvalue weighted by Gasteiger charge is 2.39. The van der Waals surface area contributed by atoms with Crippen molar-refractivity contribution in [1.29, 1.82) is 0 Å². The summed E-state index contributed by atoms with van der Waals surface area (Å²) in [7, 11) is 0. The molecule has 3 amide bonds. The van der Waals surface area contributed by atoms with Crippen molar-refractivity contribution in [3.05, 3.63) is 100 Å². The Labute approximate surface area is 216 Å². The van der Waals surface area contributed by atoms with Gasteiger partial charge in [-0.3, -0.25) is 14.4 Å². The summed E-state index contributed by atoms with van der Waals surface area (Å²) in [5.41, 5.74) is 1.65. The Hall–Kier alpha value is -4.50. The lowest BCUT2D eigenvalue weighted by molar-refractivity contribution is -0.120. The van der Waals surface area contributed by atoms with E-state index in [-0.39, 0.29) is 22.5 Å². The van der Waals surface area contributed by atoms with Crippen LogP contribution in [0.25, 0.3) is 0 Å². The van der Waals surface area contributed by atoms with Crippen molar-refractivity contribution in [3.63, 3.8) is 0 Å². The number of nitrogens with zero attached hydrogens (tertiary/aromatic N) is 1. The van der Waals surface area contributed by atoms with Crippen LogP contribution < -0.4 is 15.5 Å². The highest BCUT2D eigenvalue weighted by Crippen LogP contribution is 2.30. The van der Waals surface area contributed by atoms with Gasteiger partial charge in [0, 0.05) is 16.9 Å². The second-order valence-corrected chi connectivity index (χ2v) is 8.68. The van der Waals surface area contributed by atoms with Gasteiger partial charge in [0.25, 0.3) is 17.7 Å². The zero-order chi connectivity index (χ0) is 26.7. The first-order valence-corrected chi connectivity index (χ1v) is 11.6. The Bertz CT molecular complexity index is 1400. The molecule has 0 bridgehead atoms. The van der Waals surface area contributed by atoms with Crippen molar-refractivity contribution in [3.8, 4) is 0 Å². The van der Waals surface area contributed by atoms with Crippen molar-refractivity contribution in [1.82, 2.24) is 0 Å². The SMILES string of the molecule is CC(C)OC(=O)c1ccc(NC(=O)c2ccc(NC3=C(Cl)C(=O)N(c4ccc(F)cc4)C3=O)cc2)cc1. The Kier molecular flexibility index (Phi) is 7.35. The molecule has 0 fully saturated rings. The number of carbonyl (C=O) groups is 4. The quantitative estimate of drug-likeness (QED) is 0.332. The average Bonchev–Trinajstić information content (AvgIpc) is 3.08. The third-order valence-electron chi connectivity index (χ3n) is 5.25. The minimum atomic E-state index is -0.736. The summed E-state index contributed by atoms with van der Waals surface area (Å²) in [4.78, 5) is 50.8. The number of benzene rings is 3. The lowest BCUT2D eigenvalue weighted by Crippen LogP contribution is -2.32. The third kappa shape index (κ3) is 5.68. The van der Waals surface area contributed by atoms with Crippen molar-refractivity contribution >= 4 is 52.4 Å². The molecule has 0 spiro atoms. The molecule has 8 nitrogen and oxygen atoms in total. The Morgan fingerprint density at radius 3 is 2.00 bits per heavy atom. The molecule has 0 saturated carbocycles. The van der Waals surface area contributed by atoms with E-state index in [0.29, 0.717) is 22.5 Å². The summed E-state index contributed by atoms with van der Waals surface area (Å²) in [5.74, 6) is -2.78. The van der Waals surface area contributed by atoms with Gasteiger partial charge in [0.05, 0.1) is 17.4 Å². The summed E-state index contributed by atoms with van der Waals surface area (Å²) in [6, 6.07) is 17.3. The Morgan fingerprint density at radius 2 is 1.41 bits per heavy atom. The van der Waals surface area contributed by atoms with Gasteiger partial charge in [-0.15, -0.1) is 0 Å². The summed E-state index contributed by atoms with van der Waals surface area (Å²) in [6.07, 6.45) is -0.238. The van der Waals surface area contributed by atoms with Gasteiger partial charge in [-0.05, 0) is 86.6 Å². The Balaban J connectivity index is 1.41. The zero-order valence-corrected chi connectivity index (χ0v) is 20.5. The highest BCUT2D eigenvalue weighted by atomic mass is 35.5. The number of halogens is 2. The van der Waals surface area contributed by atoms with Gasteiger partial charge < -0.3 is 15.4 Å². The first-order chi connectivity index (χ1) is 17.6. The number of nitrogens with one attached hydrogen (secondary N) is 2. The van der Waals surface area contributed by atoms with Gasteiger partial charge in [-0.2, -0.15) is 0 Å². The monoisotopic (exact) mass is 521 g/mol. The number of rotatable bonds is 7. The minimum absolute atomic E-state index is 0.135. The number of esters is 1. The molecule has 4 rings (SSSR count). The molecule has 0 radical (unpaired) electrons. The topological polar surface area (TPSA) is 105 Å². The molecule has 0 aromatic heterocycles. The second kappa shape index (κ2) is 10.6. The molecule has 188 valence electrons. The van der Waals surface area contributed by atoms with E-state index in [1.807, 2.05) is 0 Å². The first-order valence-electron chi connectivity index (χ1n) is 11.2. The molecule has 37 heavy (non-hydrogen) atoms. The van der Waals surface area contributed by atoms with E-state index in [4.69, 9.17) is 16.3 Å². The van der Waals surface area contributed by atoms with E-state index in [1.165, 1.54) is 24.3 Å². The predicted molar refractivity (Wildman–Crippen MR) is 137 cm³/mol. The van der Waals surface area contributed by atoms with Crippen LogP contribution in [0, 0.1) is 5.82 Å².